The minimum atomic E-state index is -0.368. The van der Waals surface area contributed by atoms with Crippen LogP contribution in [0.4, 0.5) is 4.79 Å². The van der Waals surface area contributed by atoms with E-state index in [2.05, 4.69) is 10.6 Å². The zero-order valence-corrected chi connectivity index (χ0v) is 8.08. The molecular weight excluding hydrogens is 184 g/mol. The van der Waals surface area contributed by atoms with Gasteiger partial charge in [0.15, 0.2) is 0 Å². The van der Waals surface area contributed by atoms with Crippen molar-refractivity contribution in [3.63, 3.8) is 0 Å². The van der Waals surface area contributed by atoms with Crippen molar-refractivity contribution in [1.29, 1.82) is 0 Å². The first kappa shape index (κ1) is 9.45. The topological polar surface area (TPSA) is 67.4 Å². The van der Waals surface area contributed by atoms with E-state index < -0.39 is 0 Å². The fraction of sp³-hybridized carbons (Fsp3) is 0.778. The molecule has 5 nitrogen and oxygen atoms in total. The number of methoxy groups -OCH3 is 1. The lowest BCUT2D eigenvalue weighted by Gasteiger charge is -2.37. The Kier molecular flexibility index (Phi) is 2.41. The van der Waals surface area contributed by atoms with Gasteiger partial charge in [-0.25, -0.2) is 4.79 Å². The summed E-state index contributed by atoms with van der Waals surface area (Å²) in [7, 11) is 1.66. The first-order chi connectivity index (χ1) is 6.70. The molecule has 1 aliphatic carbocycles. The summed E-state index contributed by atoms with van der Waals surface area (Å²) in [4.78, 5) is 22.5. The van der Waals surface area contributed by atoms with E-state index in [1.54, 1.807) is 7.11 Å². The number of hydrogen-bond acceptors (Lipinski definition) is 3. The van der Waals surface area contributed by atoms with Crippen molar-refractivity contribution < 1.29 is 14.3 Å². The number of ether oxygens (including phenoxy) is 1. The van der Waals surface area contributed by atoms with Gasteiger partial charge >= 0.3 is 6.03 Å². The number of fused-ring (bicyclic) bond motifs is 1. The van der Waals surface area contributed by atoms with Crippen molar-refractivity contribution in [3.8, 4) is 0 Å². The average molecular weight is 198 g/mol. The second-order valence-corrected chi connectivity index (χ2v) is 3.85. The van der Waals surface area contributed by atoms with E-state index in [0.29, 0.717) is 6.42 Å². The molecule has 2 fully saturated rings. The van der Waals surface area contributed by atoms with Crippen molar-refractivity contribution in [2.45, 2.75) is 31.4 Å². The lowest BCUT2D eigenvalue weighted by molar-refractivity contribution is -0.128. The van der Waals surface area contributed by atoms with Crippen LogP contribution in [0.1, 0.15) is 19.3 Å². The van der Waals surface area contributed by atoms with E-state index in [-0.39, 0.29) is 30.0 Å². The van der Waals surface area contributed by atoms with E-state index in [0.717, 1.165) is 12.8 Å². The highest BCUT2D eigenvalue weighted by Gasteiger charge is 2.39. The Morgan fingerprint density at radius 3 is 2.86 bits per heavy atom. The van der Waals surface area contributed by atoms with Crippen LogP contribution in [0.3, 0.4) is 0 Å². The number of hydrogen-bond donors (Lipinski definition) is 2. The molecule has 14 heavy (non-hydrogen) atoms. The lowest BCUT2D eigenvalue weighted by atomic mass is 9.81. The zero-order chi connectivity index (χ0) is 10.1. The molecule has 3 amide bonds. The van der Waals surface area contributed by atoms with Gasteiger partial charge in [0, 0.05) is 13.2 Å². The lowest BCUT2D eigenvalue weighted by Crippen LogP contribution is -2.60. The van der Waals surface area contributed by atoms with Gasteiger partial charge in [0.25, 0.3) is 0 Å². The largest absolute Gasteiger partial charge is 0.381 e. The molecule has 0 radical (unpaired) electrons. The van der Waals surface area contributed by atoms with E-state index in [9.17, 15) is 9.59 Å². The fourth-order valence-electron chi connectivity index (χ4n) is 2.22. The monoisotopic (exact) mass is 198 g/mol. The van der Waals surface area contributed by atoms with E-state index in [1.807, 2.05) is 0 Å². The highest BCUT2D eigenvalue weighted by atomic mass is 16.5. The Morgan fingerprint density at radius 2 is 2.14 bits per heavy atom. The number of amides is 3. The van der Waals surface area contributed by atoms with Crippen molar-refractivity contribution in [2.24, 2.45) is 5.92 Å². The second kappa shape index (κ2) is 3.57. The van der Waals surface area contributed by atoms with Gasteiger partial charge in [0.1, 0.15) is 0 Å². The van der Waals surface area contributed by atoms with Crippen molar-refractivity contribution in [2.75, 3.05) is 7.11 Å². The quantitative estimate of drug-likeness (QED) is 0.623. The summed E-state index contributed by atoms with van der Waals surface area (Å²) in [6.45, 7) is 0. The third-order valence-electron chi connectivity index (χ3n) is 3.03. The summed E-state index contributed by atoms with van der Waals surface area (Å²) >= 11 is 0. The molecule has 0 spiro atoms. The molecule has 0 bridgehead atoms. The first-order valence-corrected chi connectivity index (χ1v) is 4.85. The third kappa shape index (κ3) is 1.59. The van der Waals surface area contributed by atoms with Crippen LogP contribution < -0.4 is 10.6 Å². The molecule has 3 atom stereocenters. The summed E-state index contributed by atoms with van der Waals surface area (Å²) in [6.07, 6.45) is 2.58. The van der Waals surface area contributed by atoms with E-state index >= 15 is 0 Å². The van der Waals surface area contributed by atoms with E-state index in [1.165, 1.54) is 0 Å². The predicted molar refractivity (Wildman–Crippen MR) is 48.6 cm³/mol. The normalized spacial score (nSPS) is 37.1. The van der Waals surface area contributed by atoms with Crippen LogP contribution in [0.5, 0.6) is 0 Å². The maximum Gasteiger partial charge on any atom is 0.321 e. The van der Waals surface area contributed by atoms with Crippen LogP contribution in [-0.2, 0) is 9.53 Å². The molecule has 78 valence electrons. The third-order valence-corrected chi connectivity index (χ3v) is 3.03. The maximum atomic E-state index is 11.5. The minimum Gasteiger partial charge on any atom is -0.381 e. The molecule has 2 aliphatic rings. The molecule has 1 aliphatic heterocycles. The Bertz CT molecular complexity index is 267. The van der Waals surface area contributed by atoms with Gasteiger partial charge in [0.2, 0.25) is 5.91 Å². The summed E-state index contributed by atoms with van der Waals surface area (Å²) in [6, 6.07) is -0.366. The van der Waals surface area contributed by atoms with Crippen molar-refractivity contribution in [1.82, 2.24) is 10.6 Å². The van der Waals surface area contributed by atoms with Gasteiger partial charge in [-0.2, -0.15) is 0 Å². The highest BCUT2D eigenvalue weighted by molar-refractivity contribution is 5.98. The molecule has 0 aromatic rings. The molecule has 1 saturated heterocycles. The molecule has 1 heterocycles. The van der Waals surface area contributed by atoms with Crippen molar-refractivity contribution >= 4 is 11.9 Å². The molecule has 2 rings (SSSR count). The number of carbonyl (C=O) groups is 2. The van der Waals surface area contributed by atoms with Crippen LogP contribution in [0.15, 0.2) is 0 Å². The average Bonchev–Trinajstić information content (AvgIpc) is 2.17. The van der Waals surface area contributed by atoms with Crippen LogP contribution in [0.2, 0.25) is 0 Å². The van der Waals surface area contributed by atoms with Crippen LogP contribution >= 0.6 is 0 Å². The van der Waals surface area contributed by atoms with Gasteiger partial charge in [-0.1, -0.05) is 0 Å². The Morgan fingerprint density at radius 1 is 1.36 bits per heavy atom. The van der Waals surface area contributed by atoms with Crippen LogP contribution in [-0.4, -0.2) is 31.2 Å². The Labute approximate surface area is 82.2 Å². The van der Waals surface area contributed by atoms with E-state index in [4.69, 9.17) is 4.74 Å². The first-order valence-electron chi connectivity index (χ1n) is 4.85. The molecule has 1 saturated carbocycles. The predicted octanol–water partition coefficient (Wildman–Crippen LogP) is 0.00950. The number of rotatable bonds is 1. The van der Waals surface area contributed by atoms with Gasteiger partial charge < -0.3 is 10.1 Å². The Balaban J connectivity index is 2.06. The van der Waals surface area contributed by atoms with Gasteiger partial charge in [-0.15, -0.1) is 0 Å². The van der Waals surface area contributed by atoms with Gasteiger partial charge in [-0.05, 0) is 19.3 Å². The van der Waals surface area contributed by atoms with Crippen LogP contribution in [0.25, 0.3) is 0 Å². The summed E-state index contributed by atoms with van der Waals surface area (Å²) in [5.41, 5.74) is 0. The number of urea groups is 1. The molecule has 0 aromatic heterocycles. The number of imide groups is 1. The SMILES string of the molecule is COC1CCC2NC(=O)NC(=O)C2C1. The zero-order valence-electron chi connectivity index (χ0n) is 8.08. The fourth-order valence-corrected chi connectivity index (χ4v) is 2.22. The number of nitrogens with one attached hydrogen (secondary N) is 2. The van der Waals surface area contributed by atoms with Crippen molar-refractivity contribution in [3.05, 3.63) is 0 Å². The molecular formula is C9H14N2O3. The summed E-state index contributed by atoms with van der Waals surface area (Å²) in [5.74, 6) is -0.285. The maximum absolute atomic E-state index is 11.5. The van der Waals surface area contributed by atoms with Gasteiger partial charge in [0.05, 0.1) is 12.0 Å². The minimum absolute atomic E-state index is 0.00245. The molecule has 3 unspecified atom stereocenters. The van der Waals surface area contributed by atoms with Crippen LogP contribution in [0, 0.1) is 5.92 Å². The Hall–Kier alpha value is -1.10. The highest BCUT2D eigenvalue weighted by Crippen LogP contribution is 2.28. The molecule has 0 aromatic carbocycles. The standard InChI is InChI=1S/C9H14N2O3/c1-14-5-2-3-7-6(4-5)8(12)11-9(13)10-7/h5-7H,2-4H2,1H3,(H2,10,11,12,13). The summed E-state index contributed by atoms with van der Waals surface area (Å²) < 4.78 is 5.22. The van der Waals surface area contributed by atoms with Gasteiger partial charge in [-0.3, -0.25) is 10.1 Å². The smallest absolute Gasteiger partial charge is 0.321 e. The second-order valence-electron chi connectivity index (χ2n) is 3.85. The molecule has 5 heteroatoms. The summed E-state index contributed by atoms with van der Waals surface area (Å²) in [5, 5.41) is 5.05. The number of carbonyl (C=O) groups excluding carboxylic acids is 2. The molecule has 2 N–H and O–H groups in total.